The van der Waals surface area contributed by atoms with Crippen molar-refractivity contribution in [3.8, 4) is 10.4 Å². The third-order valence-corrected chi connectivity index (χ3v) is 6.69. The first-order valence-corrected chi connectivity index (χ1v) is 10.9. The Hall–Kier alpha value is -2.32. The lowest BCUT2D eigenvalue weighted by Crippen LogP contribution is -2.10. The minimum absolute atomic E-state index is 0.525. The van der Waals surface area contributed by atoms with E-state index in [1.165, 1.54) is 43.6 Å². The first kappa shape index (κ1) is 16.8. The van der Waals surface area contributed by atoms with Crippen molar-refractivity contribution in [3.63, 3.8) is 0 Å². The van der Waals surface area contributed by atoms with E-state index >= 15 is 0 Å². The number of nitrogens with one attached hydrogen (secondary N) is 1. The molecule has 4 aromatic rings. The second-order valence-corrected chi connectivity index (χ2v) is 8.71. The highest BCUT2D eigenvalue weighted by atomic mass is 32.1. The van der Waals surface area contributed by atoms with E-state index in [-0.39, 0.29) is 0 Å². The van der Waals surface area contributed by atoms with E-state index in [1.54, 1.807) is 11.3 Å². The van der Waals surface area contributed by atoms with E-state index in [9.17, 15) is 0 Å². The maximum Gasteiger partial charge on any atom is 0.166 e. The lowest BCUT2D eigenvalue weighted by molar-refractivity contribution is 0.437. The second kappa shape index (κ2) is 7.01. The van der Waals surface area contributed by atoms with Crippen LogP contribution in [0.15, 0.2) is 30.0 Å². The molecule has 4 heterocycles. The molecule has 1 N–H and O–H groups in total. The normalized spacial score (nSPS) is 15.4. The molecule has 0 aromatic carbocycles. The number of hydrogen-bond donors (Lipinski definition) is 1. The summed E-state index contributed by atoms with van der Waals surface area (Å²) in [5, 5.41) is 9.15. The predicted molar refractivity (Wildman–Crippen MR) is 110 cm³/mol. The van der Waals surface area contributed by atoms with Gasteiger partial charge in [0.2, 0.25) is 0 Å². The molecule has 27 heavy (non-hydrogen) atoms. The van der Waals surface area contributed by atoms with Crippen LogP contribution in [0.3, 0.4) is 0 Å². The fraction of sp³-hybridized carbons (Fsp3) is 0.368. The number of thiazole rings is 1. The summed E-state index contributed by atoms with van der Waals surface area (Å²) >= 11 is 3.09. The van der Waals surface area contributed by atoms with E-state index in [0.717, 1.165) is 38.3 Å². The fourth-order valence-corrected chi connectivity index (χ4v) is 5.05. The van der Waals surface area contributed by atoms with Gasteiger partial charge in [-0.3, -0.25) is 4.98 Å². The van der Waals surface area contributed by atoms with Crippen molar-refractivity contribution in [2.24, 2.45) is 0 Å². The molecule has 1 aliphatic carbocycles. The molecule has 0 aliphatic heterocycles. The van der Waals surface area contributed by atoms with Crippen LogP contribution in [0.4, 0.5) is 10.8 Å². The zero-order valence-corrected chi connectivity index (χ0v) is 16.7. The first-order chi connectivity index (χ1) is 13.3. The number of rotatable bonds is 4. The number of hydrogen-bond acceptors (Lipinski definition) is 7. The van der Waals surface area contributed by atoms with Gasteiger partial charge >= 0.3 is 0 Å². The summed E-state index contributed by atoms with van der Waals surface area (Å²) in [6, 6.07) is 4.23. The van der Waals surface area contributed by atoms with Gasteiger partial charge in [0.1, 0.15) is 10.8 Å². The summed E-state index contributed by atoms with van der Waals surface area (Å²) in [6.07, 6.45) is 10.1. The maximum absolute atomic E-state index is 5.05. The van der Waals surface area contributed by atoms with Crippen LogP contribution in [0.25, 0.3) is 16.1 Å². The molecule has 0 amide bonds. The molecule has 4 aromatic heterocycles. The van der Waals surface area contributed by atoms with Crippen molar-refractivity contribution < 1.29 is 0 Å². The Morgan fingerprint density at radius 3 is 2.78 bits per heavy atom. The lowest BCUT2D eigenvalue weighted by atomic mass is 9.87. The monoisotopic (exact) mass is 396 g/mol. The van der Waals surface area contributed by atoms with Crippen molar-refractivity contribution in [1.29, 1.82) is 0 Å². The molecular weight excluding hydrogens is 376 g/mol. The molecule has 0 bridgehead atoms. The molecule has 0 unspecified atom stereocenters. The molecule has 1 aliphatic rings. The smallest absolute Gasteiger partial charge is 0.166 e. The Labute approximate surface area is 165 Å². The molecule has 0 atom stereocenters. The topological polar surface area (TPSA) is 68.0 Å². The van der Waals surface area contributed by atoms with Crippen LogP contribution in [0.5, 0.6) is 0 Å². The first-order valence-electron chi connectivity index (χ1n) is 9.26. The molecule has 0 spiro atoms. The van der Waals surface area contributed by atoms with Crippen molar-refractivity contribution in [2.75, 3.05) is 5.32 Å². The number of anilines is 2. The zero-order chi connectivity index (χ0) is 18.2. The molecule has 1 fully saturated rings. The number of aryl methyl sites for hydroxylation is 1. The Morgan fingerprint density at radius 2 is 2.04 bits per heavy atom. The average Bonchev–Trinajstić information content (AvgIpc) is 3.43. The van der Waals surface area contributed by atoms with Gasteiger partial charge in [-0.25, -0.2) is 4.98 Å². The fourth-order valence-electron chi connectivity index (χ4n) is 3.75. The highest BCUT2D eigenvalue weighted by molar-refractivity contribution is 7.13. The van der Waals surface area contributed by atoms with E-state index < -0.39 is 0 Å². The number of nitrogens with zero attached hydrogens (tertiary/aromatic N) is 5. The summed E-state index contributed by atoms with van der Waals surface area (Å²) in [7, 11) is 0. The highest BCUT2D eigenvalue weighted by Crippen LogP contribution is 2.36. The highest BCUT2D eigenvalue weighted by Gasteiger charge is 2.21. The Kier molecular flexibility index (Phi) is 4.37. The van der Waals surface area contributed by atoms with E-state index in [1.807, 2.05) is 29.3 Å². The van der Waals surface area contributed by atoms with Gasteiger partial charge in [-0.15, -0.1) is 11.3 Å². The van der Waals surface area contributed by atoms with Crippen molar-refractivity contribution in [3.05, 3.63) is 41.4 Å². The quantitative estimate of drug-likeness (QED) is 0.499. The van der Waals surface area contributed by atoms with Crippen molar-refractivity contribution >= 4 is 39.3 Å². The Balaban J connectivity index is 1.64. The second-order valence-electron chi connectivity index (χ2n) is 7.02. The summed E-state index contributed by atoms with van der Waals surface area (Å²) in [6.45, 7) is 2.01. The lowest BCUT2D eigenvalue weighted by Gasteiger charge is -2.22. The van der Waals surface area contributed by atoms with Gasteiger partial charge in [0, 0.05) is 23.9 Å². The summed E-state index contributed by atoms with van der Waals surface area (Å²) in [5.41, 5.74) is 5.97. The summed E-state index contributed by atoms with van der Waals surface area (Å²) in [5.74, 6) is 1.47. The molecule has 0 radical (unpaired) electrons. The van der Waals surface area contributed by atoms with Crippen LogP contribution in [-0.4, -0.2) is 24.0 Å². The van der Waals surface area contributed by atoms with Gasteiger partial charge in [-0.2, -0.15) is 14.0 Å². The predicted octanol–water partition coefficient (Wildman–Crippen LogP) is 5.41. The minimum atomic E-state index is 0.525. The molecule has 6 nitrogen and oxygen atoms in total. The average molecular weight is 397 g/mol. The largest absolute Gasteiger partial charge is 0.331 e. The Bertz CT molecular complexity index is 1060. The van der Waals surface area contributed by atoms with Gasteiger partial charge in [0.15, 0.2) is 5.65 Å². The van der Waals surface area contributed by atoms with E-state index in [2.05, 4.69) is 31.9 Å². The molecule has 138 valence electrons. The van der Waals surface area contributed by atoms with Crippen LogP contribution in [0.2, 0.25) is 0 Å². The molecule has 0 saturated heterocycles. The number of fused-ring (bicyclic) bond motifs is 1. The van der Waals surface area contributed by atoms with Crippen LogP contribution in [0.1, 0.15) is 49.4 Å². The molecule has 5 rings (SSSR count). The van der Waals surface area contributed by atoms with Crippen LogP contribution < -0.4 is 5.32 Å². The van der Waals surface area contributed by atoms with Gasteiger partial charge < -0.3 is 5.32 Å². The molecule has 1 saturated carbocycles. The van der Waals surface area contributed by atoms with Gasteiger partial charge in [-0.05, 0) is 37.4 Å². The number of aromatic nitrogens is 5. The maximum atomic E-state index is 5.05. The zero-order valence-electron chi connectivity index (χ0n) is 15.1. The van der Waals surface area contributed by atoms with Gasteiger partial charge in [0.05, 0.1) is 27.8 Å². The van der Waals surface area contributed by atoms with Crippen molar-refractivity contribution in [1.82, 2.24) is 24.0 Å². The van der Waals surface area contributed by atoms with E-state index in [0.29, 0.717) is 5.92 Å². The third kappa shape index (κ3) is 3.23. The SMILES string of the molecule is Cc1cc(Nc2cc(C3CCCCC3)nc3c(-c4cncs4)cnn23)sn1. The minimum Gasteiger partial charge on any atom is -0.331 e. The van der Waals surface area contributed by atoms with Crippen LogP contribution in [0, 0.1) is 6.92 Å². The standard InChI is InChI=1S/C19H20N6S2/c1-12-7-18(27-24-12)23-17-8-15(13-5-3-2-4-6-13)22-19-14(9-21-25(17)19)16-10-20-11-26-16/h7-11,13,23H,2-6H2,1H3. The third-order valence-electron chi connectivity index (χ3n) is 5.09. The summed E-state index contributed by atoms with van der Waals surface area (Å²) < 4.78 is 6.28. The van der Waals surface area contributed by atoms with E-state index in [4.69, 9.17) is 4.98 Å². The summed E-state index contributed by atoms with van der Waals surface area (Å²) in [4.78, 5) is 10.4. The Morgan fingerprint density at radius 1 is 1.15 bits per heavy atom. The van der Waals surface area contributed by atoms with Gasteiger partial charge in [-0.1, -0.05) is 19.3 Å². The van der Waals surface area contributed by atoms with Gasteiger partial charge in [0.25, 0.3) is 0 Å². The molecule has 8 heteroatoms. The van der Waals surface area contributed by atoms with Crippen molar-refractivity contribution in [2.45, 2.75) is 44.9 Å². The van der Waals surface area contributed by atoms with Crippen LogP contribution in [-0.2, 0) is 0 Å². The van der Waals surface area contributed by atoms with Crippen LogP contribution >= 0.6 is 22.9 Å². The molecular formula is C19H20N6S2.